The molecule has 6 heteroatoms. The average molecular weight is 420 g/mol. The summed E-state index contributed by atoms with van der Waals surface area (Å²) in [5, 5.41) is 0. The van der Waals surface area contributed by atoms with E-state index in [1.165, 1.54) is 0 Å². The van der Waals surface area contributed by atoms with E-state index in [0.717, 1.165) is 16.9 Å². The number of esters is 1. The third-order valence-electron chi connectivity index (χ3n) is 4.73. The van der Waals surface area contributed by atoms with Gasteiger partial charge in [0.05, 0.1) is 5.56 Å². The Bertz CT molecular complexity index is 1100. The lowest BCUT2D eigenvalue weighted by atomic mass is 10.0. The third-order valence-corrected chi connectivity index (χ3v) is 4.73. The lowest BCUT2D eigenvalue weighted by molar-refractivity contribution is -0.157. The molecule has 0 radical (unpaired) electrons. The van der Waals surface area contributed by atoms with Gasteiger partial charge in [-0.3, -0.25) is 4.79 Å². The summed E-state index contributed by atoms with van der Waals surface area (Å²) in [5.41, 5.74) is 1.66. The second kappa shape index (κ2) is 7.95. The molecule has 0 spiro atoms. The summed E-state index contributed by atoms with van der Waals surface area (Å²) in [5.74, 6) is 1.17. The van der Waals surface area contributed by atoms with Crippen molar-refractivity contribution in [3.05, 3.63) is 71.0 Å². The fourth-order valence-electron chi connectivity index (χ4n) is 3.34. The number of fused-ring (bicyclic) bond motifs is 2. The number of rotatable bonds is 4. The van der Waals surface area contributed by atoms with Gasteiger partial charge in [-0.15, -0.1) is 0 Å². The second-order valence-electron chi connectivity index (χ2n) is 8.42. The van der Waals surface area contributed by atoms with Gasteiger partial charge in [0.2, 0.25) is 5.78 Å². The van der Waals surface area contributed by atoms with Crippen molar-refractivity contribution in [3.8, 4) is 17.2 Å². The topological polar surface area (TPSA) is 71.1 Å². The summed E-state index contributed by atoms with van der Waals surface area (Å²) < 4.78 is 22.5. The molecule has 0 N–H and O–H groups in total. The Morgan fingerprint density at radius 3 is 2.68 bits per heavy atom. The molecule has 31 heavy (non-hydrogen) atoms. The maximum Gasteiger partial charge on any atom is 0.344 e. The maximum absolute atomic E-state index is 12.8. The van der Waals surface area contributed by atoms with Crippen LogP contribution in [0.4, 0.5) is 0 Å². The van der Waals surface area contributed by atoms with Gasteiger partial charge >= 0.3 is 5.97 Å². The molecule has 6 nitrogen and oxygen atoms in total. The molecule has 1 atom stereocenters. The molecule has 2 aromatic carbocycles. The van der Waals surface area contributed by atoms with Crippen molar-refractivity contribution < 1.29 is 28.5 Å². The highest BCUT2D eigenvalue weighted by atomic mass is 16.6. The Morgan fingerprint density at radius 2 is 1.90 bits per heavy atom. The first-order valence-corrected chi connectivity index (χ1v) is 10.1. The first kappa shape index (κ1) is 20.7. The summed E-state index contributed by atoms with van der Waals surface area (Å²) in [6.07, 6.45) is 3.49. The van der Waals surface area contributed by atoms with Crippen LogP contribution < -0.4 is 14.2 Å². The predicted molar refractivity (Wildman–Crippen MR) is 115 cm³/mol. The smallest absolute Gasteiger partial charge is 0.344 e. The molecule has 2 aliphatic rings. The van der Waals surface area contributed by atoms with Crippen molar-refractivity contribution in [2.24, 2.45) is 0 Å². The summed E-state index contributed by atoms with van der Waals surface area (Å²) in [4.78, 5) is 24.6. The normalized spacial score (nSPS) is 18.5. The van der Waals surface area contributed by atoms with Gasteiger partial charge in [0.25, 0.3) is 0 Å². The Labute approximate surface area is 181 Å². The molecule has 2 heterocycles. The van der Waals surface area contributed by atoms with Gasteiger partial charge in [-0.25, -0.2) is 4.79 Å². The van der Waals surface area contributed by atoms with Crippen LogP contribution in [0.5, 0.6) is 17.2 Å². The molecule has 0 bridgehead atoms. The number of ketones is 1. The highest BCUT2D eigenvalue weighted by Crippen LogP contribution is 2.36. The average Bonchev–Trinajstić information content (AvgIpc) is 3.00. The third kappa shape index (κ3) is 4.63. The SMILES string of the molecule is CC1Oc2ccccc2C=C1C=C1Oc2cc(OCC(=O)OC(C)(C)C)ccc2C1=O. The lowest BCUT2D eigenvalue weighted by Crippen LogP contribution is -2.27. The van der Waals surface area contributed by atoms with Crippen molar-refractivity contribution in [1.82, 2.24) is 0 Å². The van der Waals surface area contributed by atoms with Crippen molar-refractivity contribution in [3.63, 3.8) is 0 Å². The van der Waals surface area contributed by atoms with Gasteiger partial charge in [-0.1, -0.05) is 18.2 Å². The Hall–Kier alpha value is -3.54. The number of para-hydroxylation sites is 1. The first-order chi connectivity index (χ1) is 14.7. The van der Waals surface area contributed by atoms with Gasteiger partial charge in [0.1, 0.15) is 29.0 Å². The van der Waals surface area contributed by atoms with Crippen molar-refractivity contribution in [2.45, 2.75) is 39.4 Å². The van der Waals surface area contributed by atoms with E-state index in [2.05, 4.69) is 0 Å². The largest absolute Gasteiger partial charge is 0.485 e. The van der Waals surface area contributed by atoms with Gasteiger partial charge in [-0.2, -0.15) is 0 Å². The number of hydrogen-bond acceptors (Lipinski definition) is 6. The van der Waals surface area contributed by atoms with E-state index in [0.29, 0.717) is 17.1 Å². The molecule has 0 saturated carbocycles. The number of allylic oxidation sites excluding steroid dienone is 1. The molecule has 0 aliphatic carbocycles. The van der Waals surface area contributed by atoms with Crippen LogP contribution in [0, 0.1) is 0 Å². The molecule has 2 aliphatic heterocycles. The standard InChI is InChI=1S/C25H24O6/c1-15-17(11-16-7-5-6-8-20(16)29-15)12-22-24(27)19-10-9-18(13-21(19)30-22)28-14-23(26)31-25(2,3)4/h5-13,15H,14H2,1-4H3. The van der Waals surface area contributed by atoms with Crippen LogP contribution in [0.25, 0.3) is 6.08 Å². The van der Waals surface area contributed by atoms with Crippen LogP contribution in [0.1, 0.15) is 43.6 Å². The number of carbonyl (C=O) groups is 2. The molecular formula is C25H24O6. The fraction of sp³-hybridized carbons (Fsp3) is 0.280. The quantitative estimate of drug-likeness (QED) is 0.526. The highest BCUT2D eigenvalue weighted by Gasteiger charge is 2.29. The summed E-state index contributed by atoms with van der Waals surface area (Å²) >= 11 is 0. The molecule has 0 saturated heterocycles. The van der Waals surface area contributed by atoms with Crippen LogP contribution >= 0.6 is 0 Å². The monoisotopic (exact) mass is 420 g/mol. The molecular weight excluding hydrogens is 396 g/mol. The minimum atomic E-state index is -0.581. The van der Waals surface area contributed by atoms with Crippen LogP contribution in [-0.4, -0.2) is 30.1 Å². The zero-order chi connectivity index (χ0) is 22.2. The number of carbonyl (C=O) groups excluding carboxylic acids is 2. The van der Waals surface area contributed by atoms with Crippen LogP contribution in [-0.2, 0) is 9.53 Å². The van der Waals surface area contributed by atoms with E-state index in [4.69, 9.17) is 18.9 Å². The van der Waals surface area contributed by atoms with E-state index >= 15 is 0 Å². The van der Waals surface area contributed by atoms with Crippen LogP contribution in [0.15, 0.2) is 59.9 Å². The van der Waals surface area contributed by atoms with Crippen LogP contribution in [0.3, 0.4) is 0 Å². The minimum absolute atomic E-state index is 0.208. The summed E-state index contributed by atoms with van der Waals surface area (Å²) in [7, 11) is 0. The summed E-state index contributed by atoms with van der Waals surface area (Å²) in [6.45, 7) is 7.07. The zero-order valence-electron chi connectivity index (χ0n) is 17.9. The van der Waals surface area contributed by atoms with E-state index in [-0.39, 0.29) is 24.3 Å². The zero-order valence-corrected chi connectivity index (χ0v) is 17.9. The maximum atomic E-state index is 12.8. The van der Waals surface area contributed by atoms with Crippen molar-refractivity contribution in [2.75, 3.05) is 6.61 Å². The summed E-state index contributed by atoms with van der Waals surface area (Å²) in [6, 6.07) is 12.6. The fourth-order valence-corrected chi connectivity index (χ4v) is 3.34. The molecule has 0 amide bonds. The number of hydrogen-bond donors (Lipinski definition) is 0. The van der Waals surface area contributed by atoms with E-state index in [1.807, 2.05) is 37.3 Å². The van der Waals surface area contributed by atoms with Crippen LogP contribution in [0.2, 0.25) is 0 Å². The number of benzene rings is 2. The van der Waals surface area contributed by atoms with Gasteiger partial charge < -0.3 is 18.9 Å². The first-order valence-electron chi connectivity index (χ1n) is 10.1. The Morgan fingerprint density at radius 1 is 1.13 bits per heavy atom. The molecule has 160 valence electrons. The molecule has 4 rings (SSSR count). The predicted octanol–water partition coefficient (Wildman–Crippen LogP) is 4.73. The highest BCUT2D eigenvalue weighted by molar-refractivity contribution is 6.12. The Balaban J connectivity index is 1.49. The molecule has 0 fully saturated rings. The molecule has 1 unspecified atom stereocenters. The molecule has 0 aromatic heterocycles. The van der Waals surface area contributed by atoms with E-state index in [9.17, 15) is 9.59 Å². The lowest BCUT2D eigenvalue weighted by Gasteiger charge is -2.22. The van der Waals surface area contributed by atoms with Gasteiger partial charge in [0.15, 0.2) is 12.4 Å². The van der Waals surface area contributed by atoms with E-state index < -0.39 is 11.6 Å². The van der Waals surface area contributed by atoms with Gasteiger partial charge in [-0.05, 0) is 63.6 Å². The minimum Gasteiger partial charge on any atom is -0.485 e. The second-order valence-corrected chi connectivity index (χ2v) is 8.42. The Kier molecular flexibility index (Phi) is 5.31. The van der Waals surface area contributed by atoms with Gasteiger partial charge in [0, 0.05) is 11.6 Å². The number of ether oxygens (including phenoxy) is 4. The van der Waals surface area contributed by atoms with Crippen molar-refractivity contribution >= 4 is 17.8 Å². The van der Waals surface area contributed by atoms with E-state index in [1.54, 1.807) is 45.0 Å². The number of Topliss-reactive ketones (excluding diaryl/α,β-unsaturated/α-hetero) is 1. The van der Waals surface area contributed by atoms with Crippen molar-refractivity contribution in [1.29, 1.82) is 0 Å². The molecule has 2 aromatic rings.